The van der Waals surface area contributed by atoms with Crippen LogP contribution in [0.25, 0.3) is 5.57 Å². The number of ether oxygens (including phenoxy) is 1. The highest BCUT2D eigenvalue weighted by Gasteiger charge is 2.41. The molecule has 1 N–H and O–H groups in total. The minimum absolute atomic E-state index is 0.0564. The van der Waals surface area contributed by atoms with Gasteiger partial charge in [-0.3, -0.25) is 9.59 Å². The van der Waals surface area contributed by atoms with Crippen molar-refractivity contribution in [2.45, 2.75) is 0 Å². The van der Waals surface area contributed by atoms with Crippen molar-refractivity contribution < 1.29 is 19.4 Å². The lowest BCUT2D eigenvalue weighted by atomic mass is 10.0. The van der Waals surface area contributed by atoms with Crippen LogP contribution in [0.1, 0.15) is 5.56 Å². The molecule has 2 aromatic rings. The van der Waals surface area contributed by atoms with Crippen LogP contribution in [0, 0.1) is 0 Å². The maximum Gasteiger partial charge on any atom is 0.301 e. The molecule has 2 aromatic carbocycles. The second-order valence-corrected chi connectivity index (χ2v) is 5.78. The van der Waals surface area contributed by atoms with E-state index in [-0.39, 0.29) is 5.57 Å². The quantitative estimate of drug-likeness (QED) is 0.868. The summed E-state index contributed by atoms with van der Waals surface area (Å²) in [6.07, 6.45) is 0. The Labute approximate surface area is 145 Å². The van der Waals surface area contributed by atoms with Crippen molar-refractivity contribution in [1.82, 2.24) is 0 Å². The SMILES string of the molecule is COc1ccccc1C1=C(O)C(=O)N(c2ccc(N(C)C)cc2)C1=O. The zero-order valence-corrected chi connectivity index (χ0v) is 14.2. The third-order valence-electron chi connectivity index (χ3n) is 4.06. The van der Waals surface area contributed by atoms with Gasteiger partial charge in [0.2, 0.25) is 0 Å². The first-order valence-corrected chi connectivity index (χ1v) is 7.68. The molecule has 0 fully saturated rings. The number of amides is 2. The van der Waals surface area contributed by atoms with Crippen molar-refractivity contribution in [3.8, 4) is 5.75 Å². The molecule has 0 atom stereocenters. The maximum absolute atomic E-state index is 12.8. The van der Waals surface area contributed by atoms with Gasteiger partial charge in [0.1, 0.15) is 5.75 Å². The summed E-state index contributed by atoms with van der Waals surface area (Å²) in [5.41, 5.74) is 1.66. The van der Waals surface area contributed by atoms with Crippen molar-refractivity contribution in [3.05, 3.63) is 59.9 Å². The smallest absolute Gasteiger partial charge is 0.301 e. The van der Waals surface area contributed by atoms with Gasteiger partial charge in [-0.1, -0.05) is 18.2 Å². The predicted molar refractivity (Wildman–Crippen MR) is 95.8 cm³/mol. The van der Waals surface area contributed by atoms with Crippen molar-refractivity contribution in [2.75, 3.05) is 31.0 Å². The van der Waals surface area contributed by atoms with E-state index < -0.39 is 17.6 Å². The zero-order chi connectivity index (χ0) is 18.1. The van der Waals surface area contributed by atoms with Crippen molar-refractivity contribution in [2.24, 2.45) is 0 Å². The molecular formula is C19H18N2O4. The topological polar surface area (TPSA) is 70.1 Å². The van der Waals surface area contributed by atoms with E-state index in [9.17, 15) is 14.7 Å². The van der Waals surface area contributed by atoms with Gasteiger partial charge in [0, 0.05) is 25.3 Å². The molecule has 0 saturated heterocycles. The van der Waals surface area contributed by atoms with Crippen LogP contribution in [-0.2, 0) is 9.59 Å². The molecule has 128 valence electrons. The Hall–Kier alpha value is -3.28. The Kier molecular flexibility index (Phi) is 4.19. The monoisotopic (exact) mass is 338 g/mol. The highest BCUT2D eigenvalue weighted by Crippen LogP contribution is 2.36. The molecule has 3 rings (SSSR count). The van der Waals surface area contributed by atoms with Crippen LogP contribution >= 0.6 is 0 Å². The number of carbonyl (C=O) groups is 2. The number of para-hydroxylation sites is 1. The minimum Gasteiger partial charge on any atom is -0.502 e. The van der Waals surface area contributed by atoms with Gasteiger partial charge in [-0.05, 0) is 30.3 Å². The maximum atomic E-state index is 12.8. The molecular weight excluding hydrogens is 320 g/mol. The van der Waals surface area contributed by atoms with Crippen LogP contribution in [0.5, 0.6) is 5.75 Å². The number of anilines is 2. The van der Waals surface area contributed by atoms with Crippen molar-refractivity contribution in [1.29, 1.82) is 0 Å². The van der Waals surface area contributed by atoms with Gasteiger partial charge in [-0.25, -0.2) is 4.90 Å². The summed E-state index contributed by atoms with van der Waals surface area (Å²) in [4.78, 5) is 28.2. The number of hydrogen-bond donors (Lipinski definition) is 1. The summed E-state index contributed by atoms with van der Waals surface area (Å²) >= 11 is 0. The number of imide groups is 1. The highest BCUT2D eigenvalue weighted by molar-refractivity contribution is 6.45. The van der Waals surface area contributed by atoms with E-state index >= 15 is 0 Å². The van der Waals surface area contributed by atoms with E-state index in [1.54, 1.807) is 48.5 Å². The van der Waals surface area contributed by atoms with Gasteiger partial charge < -0.3 is 14.7 Å². The summed E-state index contributed by atoms with van der Waals surface area (Å²) in [7, 11) is 5.26. The number of nitrogens with zero attached hydrogens (tertiary/aromatic N) is 2. The number of hydrogen-bond acceptors (Lipinski definition) is 5. The average Bonchev–Trinajstić information content (AvgIpc) is 2.84. The Balaban J connectivity index is 2.02. The molecule has 1 aliphatic heterocycles. The highest BCUT2D eigenvalue weighted by atomic mass is 16.5. The van der Waals surface area contributed by atoms with Gasteiger partial charge in [-0.2, -0.15) is 0 Å². The molecule has 1 aliphatic rings. The van der Waals surface area contributed by atoms with Crippen LogP contribution in [0.2, 0.25) is 0 Å². The van der Waals surface area contributed by atoms with Crippen molar-refractivity contribution >= 4 is 28.8 Å². The van der Waals surface area contributed by atoms with E-state index in [1.807, 2.05) is 19.0 Å². The third kappa shape index (κ3) is 2.71. The number of benzene rings is 2. The van der Waals surface area contributed by atoms with Gasteiger partial charge in [0.25, 0.3) is 5.91 Å². The lowest BCUT2D eigenvalue weighted by Crippen LogP contribution is -2.31. The predicted octanol–water partition coefficient (Wildman–Crippen LogP) is 2.60. The summed E-state index contributed by atoms with van der Waals surface area (Å²) in [5, 5.41) is 10.3. The van der Waals surface area contributed by atoms with Gasteiger partial charge >= 0.3 is 5.91 Å². The summed E-state index contributed by atoms with van der Waals surface area (Å²) in [5.74, 6) is -1.49. The Morgan fingerprint density at radius 1 is 0.960 bits per heavy atom. The second kappa shape index (κ2) is 6.32. The standard InChI is InChI=1S/C19H18N2O4/c1-20(2)12-8-10-13(11-9-12)21-18(23)16(17(22)19(21)24)14-6-4-5-7-15(14)25-3/h4-11,22H,1-3H3. The normalized spacial score (nSPS) is 14.3. The molecule has 0 aliphatic carbocycles. The van der Waals surface area contributed by atoms with Crippen LogP contribution < -0.4 is 14.5 Å². The zero-order valence-electron chi connectivity index (χ0n) is 14.2. The van der Waals surface area contributed by atoms with Gasteiger partial charge in [0.05, 0.1) is 18.4 Å². The molecule has 0 bridgehead atoms. The van der Waals surface area contributed by atoms with E-state index in [1.165, 1.54) is 7.11 Å². The van der Waals surface area contributed by atoms with E-state index in [0.717, 1.165) is 10.6 Å². The Morgan fingerprint density at radius 2 is 1.60 bits per heavy atom. The fraction of sp³-hybridized carbons (Fsp3) is 0.158. The van der Waals surface area contributed by atoms with E-state index in [2.05, 4.69) is 0 Å². The minimum atomic E-state index is -0.747. The summed E-state index contributed by atoms with van der Waals surface area (Å²) in [6.45, 7) is 0. The molecule has 6 heteroatoms. The molecule has 0 spiro atoms. The molecule has 1 heterocycles. The van der Waals surface area contributed by atoms with Gasteiger partial charge in [-0.15, -0.1) is 0 Å². The summed E-state index contributed by atoms with van der Waals surface area (Å²) in [6, 6.07) is 13.7. The van der Waals surface area contributed by atoms with Crippen molar-refractivity contribution in [3.63, 3.8) is 0 Å². The fourth-order valence-electron chi connectivity index (χ4n) is 2.75. The van der Waals surface area contributed by atoms with Crippen LogP contribution in [-0.4, -0.2) is 38.1 Å². The van der Waals surface area contributed by atoms with Crippen LogP contribution in [0.4, 0.5) is 11.4 Å². The van der Waals surface area contributed by atoms with Crippen LogP contribution in [0.15, 0.2) is 54.3 Å². The number of aliphatic hydroxyl groups excluding tert-OH is 1. The average molecular weight is 338 g/mol. The molecule has 25 heavy (non-hydrogen) atoms. The van der Waals surface area contributed by atoms with E-state index in [4.69, 9.17) is 4.74 Å². The summed E-state index contributed by atoms with van der Waals surface area (Å²) < 4.78 is 5.24. The second-order valence-electron chi connectivity index (χ2n) is 5.78. The molecule has 0 unspecified atom stereocenters. The first-order chi connectivity index (χ1) is 12.0. The van der Waals surface area contributed by atoms with Gasteiger partial charge in [0.15, 0.2) is 5.76 Å². The molecule has 0 saturated carbocycles. The lowest BCUT2D eigenvalue weighted by molar-refractivity contribution is -0.121. The number of aliphatic hydroxyl groups is 1. The first kappa shape index (κ1) is 16.6. The third-order valence-corrected chi connectivity index (χ3v) is 4.06. The van der Waals surface area contributed by atoms with E-state index in [0.29, 0.717) is 17.0 Å². The molecule has 2 amide bonds. The first-order valence-electron chi connectivity index (χ1n) is 7.68. The molecule has 6 nitrogen and oxygen atoms in total. The molecule has 0 aromatic heterocycles. The Bertz CT molecular complexity index is 869. The fourth-order valence-corrected chi connectivity index (χ4v) is 2.75. The largest absolute Gasteiger partial charge is 0.502 e. The number of carbonyl (C=O) groups excluding carboxylic acids is 2. The molecule has 0 radical (unpaired) electrons. The number of rotatable bonds is 4. The van der Waals surface area contributed by atoms with Crippen LogP contribution in [0.3, 0.4) is 0 Å². The Morgan fingerprint density at radius 3 is 2.20 bits per heavy atom. The number of methoxy groups -OCH3 is 1. The lowest BCUT2D eigenvalue weighted by Gasteiger charge is -2.17.